The molecule has 3 aromatic carbocycles. The lowest BCUT2D eigenvalue weighted by Gasteiger charge is -2.16. The van der Waals surface area contributed by atoms with Crippen molar-refractivity contribution in [2.45, 2.75) is 18.2 Å². The number of aromatic nitrogens is 2. The van der Waals surface area contributed by atoms with Gasteiger partial charge in [-0.15, -0.1) is 10.2 Å². The molecule has 1 atom stereocenters. The van der Waals surface area contributed by atoms with Crippen LogP contribution in [0.25, 0.3) is 22.2 Å². The van der Waals surface area contributed by atoms with E-state index < -0.39 is 0 Å². The zero-order valence-electron chi connectivity index (χ0n) is 18.0. The third kappa shape index (κ3) is 4.70. The highest BCUT2D eigenvalue weighted by molar-refractivity contribution is 7.99. The fourth-order valence-corrected chi connectivity index (χ4v) is 4.04. The molecule has 0 bridgehead atoms. The van der Waals surface area contributed by atoms with Crippen LogP contribution < -0.4 is 14.8 Å². The van der Waals surface area contributed by atoms with Crippen molar-refractivity contribution in [1.29, 1.82) is 0 Å². The molecular weight excluding hydrogens is 426 g/mol. The van der Waals surface area contributed by atoms with Crippen molar-refractivity contribution in [3.8, 4) is 23.0 Å². The minimum Gasteiger partial charge on any atom is -0.497 e. The largest absolute Gasteiger partial charge is 0.497 e. The molecule has 0 aliphatic carbocycles. The average Bonchev–Trinajstić information content (AvgIpc) is 3.30. The molecule has 0 unspecified atom stereocenters. The van der Waals surface area contributed by atoms with Crippen LogP contribution in [0.2, 0.25) is 0 Å². The number of carbonyl (C=O) groups excluding carboxylic acids is 1. The number of benzene rings is 3. The van der Waals surface area contributed by atoms with Crippen LogP contribution in [0.4, 0.5) is 0 Å². The number of carbonyl (C=O) groups is 1. The molecule has 1 N–H and O–H groups in total. The fraction of sp³-hybridized carbons (Fsp3) is 0.208. The second-order valence-electron chi connectivity index (χ2n) is 7.09. The van der Waals surface area contributed by atoms with E-state index in [4.69, 9.17) is 13.9 Å². The number of hydrogen-bond acceptors (Lipinski definition) is 7. The minimum absolute atomic E-state index is 0.114. The summed E-state index contributed by atoms with van der Waals surface area (Å²) in [4.78, 5) is 12.5. The van der Waals surface area contributed by atoms with E-state index in [1.807, 2.05) is 31.2 Å². The van der Waals surface area contributed by atoms with E-state index in [1.165, 1.54) is 11.8 Å². The van der Waals surface area contributed by atoms with Crippen molar-refractivity contribution in [2.75, 3.05) is 20.0 Å². The average molecular weight is 450 g/mol. The number of amides is 1. The van der Waals surface area contributed by atoms with Crippen molar-refractivity contribution >= 4 is 28.4 Å². The lowest BCUT2D eigenvalue weighted by atomic mass is 10.00. The minimum atomic E-state index is -0.129. The zero-order chi connectivity index (χ0) is 22.5. The molecule has 4 rings (SSSR count). The SMILES string of the molecule is COc1ccc(-c2nnc(SCC(=O)N[C@@H](C)c3cccc4ccccc34)o2)c(OC)c1. The van der Waals surface area contributed by atoms with Gasteiger partial charge in [-0.05, 0) is 35.4 Å². The number of thioether (sulfide) groups is 1. The summed E-state index contributed by atoms with van der Waals surface area (Å²) in [5, 5.41) is 13.8. The molecule has 32 heavy (non-hydrogen) atoms. The molecule has 0 saturated heterocycles. The summed E-state index contributed by atoms with van der Waals surface area (Å²) in [5.74, 6) is 1.59. The van der Waals surface area contributed by atoms with Crippen LogP contribution >= 0.6 is 11.8 Å². The lowest BCUT2D eigenvalue weighted by molar-refractivity contribution is -0.119. The number of rotatable bonds is 8. The third-order valence-corrected chi connectivity index (χ3v) is 5.86. The highest BCUT2D eigenvalue weighted by atomic mass is 32.2. The normalized spacial score (nSPS) is 11.8. The Bertz CT molecular complexity index is 1240. The predicted octanol–water partition coefficient (Wildman–Crippen LogP) is 4.88. The maximum absolute atomic E-state index is 12.5. The van der Waals surface area contributed by atoms with Gasteiger partial charge in [-0.1, -0.05) is 54.2 Å². The molecule has 0 fully saturated rings. The maximum atomic E-state index is 12.5. The summed E-state index contributed by atoms with van der Waals surface area (Å²) in [5.41, 5.74) is 1.73. The van der Waals surface area contributed by atoms with E-state index in [9.17, 15) is 4.79 Å². The van der Waals surface area contributed by atoms with Crippen molar-refractivity contribution in [2.24, 2.45) is 0 Å². The third-order valence-electron chi connectivity index (χ3n) is 5.04. The second kappa shape index (κ2) is 9.74. The van der Waals surface area contributed by atoms with E-state index in [0.717, 1.165) is 16.3 Å². The van der Waals surface area contributed by atoms with Gasteiger partial charge in [0.25, 0.3) is 11.1 Å². The highest BCUT2D eigenvalue weighted by Crippen LogP contribution is 2.33. The monoisotopic (exact) mass is 449 g/mol. The van der Waals surface area contributed by atoms with E-state index in [0.29, 0.717) is 28.2 Å². The van der Waals surface area contributed by atoms with Gasteiger partial charge in [-0.3, -0.25) is 4.79 Å². The Kier molecular flexibility index (Phi) is 6.61. The Morgan fingerprint density at radius 3 is 2.69 bits per heavy atom. The van der Waals surface area contributed by atoms with Gasteiger partial charge in [0.2, 0.25) is 5.91 Å². The Morgan fingerprint density at radius 2 is 1.88 bits per heavy atom. The zero-order valence-corrected chi connectivity index (χ0v) is 18.8. The Morgan fingerprint density at radius 1 is 1.06 bits per heavy atom. The summed E-state index contributed by atoms with van der Waals surface area (Å²) >= 11 is 1.19. The number of methoxy groups -OCH3 is 2. The first-order chi connectivity index (χ1) is 15.6. The quantitative estimate of drug-likeness (QED) is 0.384. The van der Waals surface area contributed by atoms with Gasteiger partial charge in [0, 0.05) is 6.07 Å². The van der Waals surface area contributed by atoms with Gasteiger partial charge >= 0.3 is 0 Å². The summed E-state index contributed by atoms with van der Waals surface area (Å²) in [6, 6.07) is 19.4. The Balaban J connectivity index is 1.39. The van der Waals surface area contributed by atoms with Gasteiger partial charge < -0.3 is 19.2 Å². The molecule has 8 heteroatoms. The van der Waals surface area contributed by atoms with E-state index in [1.54, 1.807) is 32.4 Å². The van der Waals surface area contributed by atoms with Crippen LogP contribution in [0, 0.1) is 0 Å². The molecule has 1 aromatic heterocycles. The van der Waals surface area contributed by atoms with Crippen LogP contribution in [0.15, 0.2) is 70.3 Å². The van der Waals surface area contributed by atoms with Crippen LogP contribution in [0.3, 0.4) is 0 Å². The van der Waals surface area contributed by atoms with Gasteiger partial charge in [-0.25, -0.2) is 0 Å². The van der Waals surface area contributed by atoms with Crippen molar-refractivity contribution in [3.63, 3.8) is 0 Å². The van der Waals surface area contributed by atoms with Gasteiger partial charge in [-0.2, -0.15) is 0 Å². The first-order valence-corrected chi connectivity index (χ1v) is 11.0. The summed E-state index contributed by atoms with van der Waals surface area (Å²) in [7, 11) is 3.15. The van der Waals surface area contributed by atoms with Gasteiger partial charge in [0.05, 0.1) is 31.6 Å². The molecule has 164 valence electrons. The molecule has 0 aliphatic rings. The summed E-state index contributed by atoms with van der Waals surface area (Å²) in [6.07, 6.45) is 0. The number of fused-ring (bicyclic) bond motifs is 1. The Labute approximate surface area is 190 Å². The fourth-order valence-electron chi connectivity index (χ4n) is 3.47. The first-order valence-electron chi connectivity index (χ1n) is 10.0. The molecule has 1 heterocycles. The molecular formula is C24H23N3O4S. The molecule has 0 radical (unpaired) electrons. The van der Waals surface area contributed by atoms with Gasteiger partial charge in [0.1, 0.15) is 11.5 Å². The molecule has 0 saturated carbocycles. The smallest absolute Gasteiger partial charge is 0.277 e. The van der Waals surface area contributed by atoms with E-state index >= 15 is 0 Å². The number of ether oxygens (including phenoxy) is 2. The van der Waals surface area contributed by atoms with E-state index in [2.05, 4.69) is 33.7 Å². The molecule has 7 nitrogen and oxygen atoms in total. The maximum Gasteiger partial charge on any atom is 0.277 e. The first kappa shape index (κ1) is 21.7. The molecule has 1 amide bonds. The number of hydrogen-bond donors (Lipinski definition) is 1. The van der Waals surface area contributed by atoms with Crippen LogP contribution in [-0.2, 0) is 4.79 Å². The topological polar surface area (TPSA) is 86.5 Å². The highest BCUT2D eigenvalue weighted by Gasteiger charge is 2.17. The predicted molar refractivity (Wildman–Crippen MR) is 124 cm³/mol. The standard InChI is InChI=1S/C24H23N3O4S/c1-15(18-10-6-8-16-7-4-5-9-19(16)18)25-22(28)14-32-24-27-26-23(31-24)20-12-11-17(29-2)13-21(20)30-3/h4-13,15H,14H2,1-3H3,(H,25,28)/t15-/m0/s1. The van der Waals surface area contributed by atoms with Crippen molar-refractivity contribution < 1.29 is 18.7 Å². The van der Waals surface area contributed by atoms with Gasteiger partial charge in [0.15, 0.2) is 0 Å². The summed E-state index contributed by atoms with van der Waals surface area (Å²) in [6.45, 7) is 1.98. The molecule has 0 aliphatic heterocycles. The lowest BCUT2D eigenvalue weighted by Crippen LogP contribution is -2.28. The van der Waals surface area contributed by atoms with Crippen LogP contribution in [0.5, 0.6) is 11.5 Å². The van der Waals surface area contributed by atoms with E-state index in [-0.39, 0.29) is 17.7 Å². The second-order valence-corrected chi connectivity index (χ2v) is 8.01. The Hall–Kier alpha value is -3.52. The number of nitrogens with zero attached hydrogens (tertiary/aromatic N) is 2. The van der Waals surface area contributed by atoms with Crippen LogP contribution in [0.1, 0.15) is 18.5 Å². The molecule has 0 spiro atoms. The summed E-state index contributed by atoms with van der Waals surface area (Å²) < 4.78 is 16.3. The number of nitrogens with one attached hydrogen (secondary N) is 1. The van der Waals surface area contributed by atoms with Crippen molar-refractivity contribution in [3.05, 3.63) is 66.2 Å². The molecule has 4 aromatic rings. The van der Waals surface area contributed by atoms with Crippen molar-refractivity contribution in [1.82, 2.24) is 15.5 Å². The van der Waals surface area contributed by atoms with Crippen LogP contribution in [-0.4, -0.2) is 36.1 Å².